The summed E-state index contributed by atoms with van der Waals surface area (Å²) >= 11 is 0. The van der Waals surface area contributed by atoms with Gasteiger partial charge in [-0.2, -0.15) is 0 Å². The molecule has 4 rings (SSSR count). The van der Waals surface area contributed by atoms with Gasteiger partial charge in [-0.05, 0) is 41.8 Å². The lowest BCUT2D eigenvalue weighted by molar-refractivity contribution is 0.0425. The maximum atomic E-state index is 12.1. The molecule has 2 heterocycles. The average molecular weight is 434 g/mol. The van der Waals surface area contributed by atoms with Crippen LogP contribution >= 0.6 is 0 Å². The first-order valence-electron chi connectivity index (χ1n) is 11.3. The number of hydrogen-bond donors (Lipinski definition) is 0. The van der Waals surface area contributed by atoms with Crippen LogP contribution in [0.2, 0.25) is 0 Å². The van der Waals surface area contributed by atoms with Crippen LogP contribution in [0.3, 0.4) is 0 Å². The Hall–Kier alpha value is -3.28. The molecule has 2 aliphatic rings. The second-order valence-corrected chi connectivity index (χ2v) is 8.43. The maximum Gasteiger partial charge on any atom is 0.346 e. The van der Waals surface area contributed by atoms with Crippen LogP contribution < -0.4 is 0 Å². The van der Waals surface area contributed by atoms with Gasteiger partial charge in [0.05, 0.1) is 22.3 Å². The molecule has 0 spiro atoms. The maximum absolute atomic E-state index is 12.1. The van der Waals surface area contributed by atoms with Crippen molar-refractivity contribution in [1.29, 1.82) is 0 Å². The minimum absolute atomic E-state index is 0.0896. The summed E-state index contributed by atoms with van der Waals surface area (Å²) in [6, 6.07) is 10.3. The first-order chi connectivity index (χ1) is 15.5. The smallest absolute Gasteiger partial charge is 0.346 e. The highest BCUT2D eigenvalue weighted by Gasteiger charge is 2.32. The van der Waals surface area contributed by atoms with E-state index in [1.165, 1.54) is 32.1 Å². The standard InChI is InChI=1S/C26H26O6/c1-2-3-4-5-6-7-8-9-18(16-10-12-19-21(14-16)25(29)31-23(19)27)17-11-13-20-22(15-17)26(30)32-24(20)28/h10-15,18H,2-9H2,1H3. The fourth-order valence-corrected chi connectivity index (χ4v) is 4.47. The van der Waals surface area contributed by atoms with Crippen LogP contribution in [0.15, 0.2) is 36.4 Å². The third-order valence-corrected chi connectivity index (χ3v) is 6.24. The number of rotatable bonds is 10. The molecule has 0 saturated heterocycles. The molecule has 6 nitrogen and oxygen atoms in total. The molecule has 166 valence electrons. The van der Waals surface area contributed by atoms with Crippen LogP contribution in [0.4, 0.5) is 0 Å². The zero-order valence-corrected chi connectivity index (χ0v) is 18.1. The third-order valence-electron chi connectivity index (χ3n) is 6.24. The van der Waals surface area contributed by atoms with Gasteiger partial charge in [0.2, 0.25) is 0 Å². The van der Waals surface area contributed by atoms with Crippen molar-refractivity contribution in [1.82, 2.24) is 0 Å². The average Bonchev–Trinajstić information content (AvgIpc) is 3.24. The van der Waals surface area contributed by atoms with Crippen molar-refractivity contribution in [2.45, 2.75) is 64.2 Å². The zero-order valence-electron chi connectivity index (χ0n) is 18.1. The summed E-state index contributed by atoms with van der Waals surface area (Å²) in [6.07, 6.45) is 9.01. The van der Waals surface area contributed by atoms with Gasteiger partial charge in [0.25, 0.3) is 0 Å². The molecule has 2 aromatic carbocycles. The SMILES string of the molecule is CCCCCCCCCC(c1ccc2c(c1)C(=O)OC2=O)c1ccc2c(c1)C(=O)OC2=O. The first-order valence-corrected chi connectivity index (χ1v) is 11.3. The monoisotopic (exact) mass is 434 g/mol. The molecule has 0 radical (unpaired) electrons. The van der Waals surface area contributed by atoms with Gasteiger partial charge in [-0.25, -0.2) is 19.2 Å². The Morgan fingerprint density at radius 3 is 1.53 bits per heavy atom. The van der Waals surface area contributed by atoms with Gasteiger partial charge in [0.1, 0.15) is 0 Å². The van der Waals surface area contributed by atoms with Gasteiger partial charge in [-0.1, -0.05) is 64.0 Å². The Labute approximate surface area is 186 Å². The van der Waals surface area contributed by atoms with Crippen molar-refractivity contribution in [3.63, 3.8) is 0 Å². The Kier molecular flexibility index (Phi) is 6.49. The van der Waals surface area contributed by atoms with Crippen molar-refractivity contribution >= 4 is 23.9 Å². The molecule has 0 bridgehead atoms. The second kappa shape index (κ2) is 9.47. The predicted molar refractivity (Wildman–Crippen MR) is 117 cm³/mol. The summed E-state index contributed by atoms with van der Waals surface area (Å²) in [5.74, 6) is -2.61. The number of esters is 4. The summed E-state index contributed by atoms with van der Waals surface area (Å²) in [7, 11) is 0. The number of carbonyl (C=O) groups is 4. The minimum Gasteiger partial charge on any atom is -0.386 e. The second-order valence-electron chi connectivity index (χ2n) is 8.43. The van der Waals surface area contributed by atoms with Gasteiger partial charge in [-0.3, -0.25) is 0 Å². The largest absolute Gasteiger partial charge is 0.386 e. The quantitative estimate of drug-likeness (QED) is 0.276. The fraction of sp³-hybridized carbons (Fsp3) is 0.385. The van der Waals surface area contributed by atoms with E-state index in [0.717, 1.165) is 30.4 Å². The lowest BCUT2D eigenvalue weighted by atomic mass is 9.84. The minimum atomic E-state index is -0.635. The Balaban J connectivity index is 1.58. The van der Waals surface area contributed by atoms with Crippen LogP contribution in [-0.4, -0.2) is 23.9 Å². The molecule has 0 amide bonds. The number of fused-ring (bicyclic) bond motifs is 2. The number of cyclic esters (lactones) is 4. The number of unbranched alkanes of at least 4 members (excludes halogenated alkanes) is 6. The number of ether oxygens (including phenoxy) is 2. The van der Waals surface area contributed by atoms with Crippen molar-refractivity contribution in [3.05, 3.63) is 69.8 Å². The molecular formula is C26H26O6. The van der Waals surface area contributed by atoms with Crippen molar-refractivity contribution < 1.29 is 28.7 Å². The Bertz CT molecular complexity index is 1010. The summed E-state index contributed by atoms with van der Waals surface area (Å²) in [6.45, 7) is 2.20. The molecular weight excluding hydrogens is 408 g/mol. The van der Waals surface area contributed by atoms with Crippen molar-refractivity contribution in [2.24, 2.45) is 0 Å². The highest BCUT2D eigenvalue weighted by atomic mass is 16.6. The summed E-state index contributed by atoms with van der Waals surface area (Å²) < 4.78 is 9.45. The van der Waals surface area contributed by atoms with Gasteiger partial charge in [-0.15, -0.1) is 0 Å². The highest BCUT2D eigenvalue weighted by Crippen LogP contribution is 2.35. The summed E-state index contributed by atoms with van der Waals surface area (Å²) in [5.41, 5.74) is 2.84. The van der Waals surface area contributed by atoms with E-state index in [9.17, 15) is 19.2 Å². The zero-order chi connectivity index (χ0) is 22.7. The van der Waals surface area contributed by atoms with Crippen LogP contribution in [0.1, 0.15) is 117 Å². The first kappa shape index (κ1) is 21.9. The highest BCUT2D eigenvalue weighted by molar-refractivity contribution is 6.15. The van der Waals surface area contributed by atoms with Crippen LogP contribution in [-0.2, 0) is 9.47 Å². The number of hydrogen-bond acceptors (Lipinski definition) is 6. The lowest BCUT2D eigenvalue weighted by Crippen LogP contribution is -2.06. The van der Waals surface area contributed by atoms with Crippen LogP contribution in [0, 0.1) is 0 Å². The molecule has 0 N–H and O–H groups in total. The fourth-order valence-electron chi connectivity index (χ4n) is 4.47. The van der Waals surface area contributed by atoms with E-state index < -0.39 is 23.9 Å². The van der Waals surface area contributed by atoms with E-state index in [0.29, 0.717) is 0 Å². The molecule has 2 aliphatic heterocycles. The van der Waals surface area contributed by atoms with E-state index in [-0.39, 0.29) is 28.2 Å². The molecule has 0 saturated carbocycles. The van der Waals surface area contributed by atoms with Gasteiger partial charge in [0, 0.05) is 5.92 Å². The predicted octanol–water partition coefficient (Wildman–Crippen LogP) is 5.58. The topological polar surface area (TPSA) is 86.7 Å². The van der Waals surface area contributed by atoms with E-state index in [2.05, 4.69) is 6.92 Å². The molecule has 0 aliphatic carbocycles. The van der Waals surface area contributed by atoms with E-state index in [1.54, 1.807) is 24.3 Å². The van der Waals surface area contributed by atoms with Gasteiger partial charge in [0.15, 0.2) is 0 Å². The molecule has 6 heteroatoms. The van der Waals surface area contributed by atoms with Crippen LogP contribution in [0.25, 0.3) is 0 Å². The molecule has 0 fully saturated rings. The molecule has 2 aromatic rings. The Morgan fingerprint density at radius 1 is 0.594 bits per heavy atom. The third kappa shape index (κ3) is 4.35. The Morgan fingerprint density at radius 2 is 1.03 bits per heavy atom. The van der Waals surface area contributed by atoms with E-state index in [4.69, 9.17) is 9.47 Å². The molecule has 0 atom stereocenters. The molecule has 0 aromatic heterocycles. The lowest BCUT2D eigenvalue weighted by Gasteiger charge is -2.19. The van der Waals surface area contributed by atoms with Crippen molar-refractivity contribution in [3.8, 4) is 0 Å². The van der Waals surface area contributed by atoms with Crippen LogP contribution in [0.5, 0.6) is 0 Å². The van der Waals surface area contributed by atoms with E-state index in [1.807, 2.05) is 12.1 Å². The van der Waals surface area contributed by atoms with Gasteiger partial charge < -0.3 is 9.47 Å². The van der Waals surface area contributed by atoms with Gasteiger partial charge >= 0.3 is 23.9 Å². The number of carbonyl (C=O) groups excluding carboxylic acids is 4. The summed E-state index contributed by atoms with van der Waals surface area (Å²) in [5, 5.41) is 0. The van der Waals surface area contributed by atoms with E-state index >= 15 is 0 Å². The molecule has 0 unspecified atom stereocenters. The normalized spacial score (nSPS) is 14.6. The number of benzene rings is 2. The van der Waals surface area contributed by atoms with Crippen molar-refractivity contribution in [2.75, 3.05) is 0 Å². The molecule has 32 heavy (non-hydrogen) atoms. The summed E-state index contributed by atoms with van der Waals surface area (Å²) in [4.78, 5) is 47.8.